The van der Waals surface area contributed by atoms with E-state index in [1.54, 1.807) is 25.4 Å². The number of aromatic nitrogens is 3. The lowest BCUT2D eigenvalue weighted by Gasteiger charge is -2.16. The van der Waals surface area contributed by atoms with Crippen LogP contribution in [0.4, 0.5) is 10.1 Å². The van der Waals surface area contributed by atoms with Crippen molar-refractivity contribution in [2.45, 2.75) is 18.6 Å². The molecule has 0 unspecified atom stereocenters. The van der Waals surface area contributed by atoms with Crippen molar-refractivity contribution in [2.75, 3.05) is 24.7 Å². The summed E-state index contributed by atoms with van der Waals surface area (Å²) < 4.78 is 20.1. The van der Waals surface area contributed by atoms with E-state index in [0.717, 1.165) is 0 Å². The van der Waals surface area contributed by atoms with Crippen LogP contribution in [0, 0.1) is 5.82 Å². The second-order valence-corrected chi connectivity index (χ2v) is 7.06. The molecule has 152 valence electrons. The van der Waals surface area contributed by atoms with Crippen molar-refractivity contribution < 1.29 is 18.4 Å². The van der Waals surface area contributed by atoms with Crippen LogP contribution in [0.2, 0.25) is 0 Å². The van der Waals surface area contributed by atoms with Crippen LogP contribution in [-0.2, 0) is 16.1 Å². The molecule has 0 fully saturated rings. The van der Waals surface area contributed by atoms with Gasteiger partial charge >= 0.3 is 0 Å². The Hall–Kier alpha value is -3.14. The molecule has 2 aromatic heterocycles. The maximum atomic E-state index is 12.9. The number of halogens is 1. The van der Waals surface area contributed by atoms with Gasteiger partial charge in [-0.3, -0.25) is 14.2 Å². The number of benzene rings is 1. The quantitative estimate of drug-likeness (QED) is 0.567. The molecule has 2 heterocycles. The van der Waals surface area contributed by atoms with Crippen molar-refractivity contribution in [1.29, 1.82) is 0 Å². The van der Waals surface area contributed by atoms with Crippen molar-refractivity contribution >= 4 is 29.3 Å². The average molecular weight is 417 g/mol. The highest BCUT2D eigenvalue weighted by Gasteiger charge is 2.18. The van der Waals surface area contributed by atoms with Gasteiger partial charge in [0.25, 0.3) is 0 Å². The Balaban J connectivity index is 1.53. The zero-order valence-corrected chi connectivity index (χ0v) is 16.8. The summed E-state index contributed by atoms with van der Waals surface area (Å²) in [7, 11) is 1.55. The summed E-state index contributed by atoms with van der Waals surface area (Å²) in [6.07, 6.45) is 1.56. The third kappa shape index (κ3) is 5.23. The van der Waals surface area contributed by atoms with Gasteiger partial charge in [0, 0.05) is 19.3 Å². The molecule has 0 atom stereocenters. The molecule has 0 aliphatic rings. The maximum Gasteiger partial charge on any atom is 0.243 e. The highest BCUT2D eigenvalue weighted by Crippen LogP contribution is 2.24. The Morgan fingerprint density at radius 1 is 1.24 bits per heavy atom. The molecule has 0 aliphatic heterocycles. The second-order valence-electron chi connectivity index (χ2n) is 6.12. The summed E-state index contributed by atoms with van der Waals surface area (Å²) >= 11 is 1.24. The highest BCUT2D eigenvalue weighted by atomic mass is 32.2. The topological polar surface area (TPSA) is 93.3 Å². The van der Waals surface area contributed by atoms with E-state index in [-0.39, 0.29) is 29.9 Å². The maximum absolute atomic E-state index is 12.9. The van der Waals surface area contributed by atoms with E-state index in [1.807, 2.05) is 11.5 Å². The molecule has 3 rings (SSSR count). The lowest BCUT2D eigenvalue weighted by Crippen LogP contribution is -2.36. The molecule has 0 saturated carbocycles. The lowest BCUT2D eigenvalue weighted by atomic mass is 10.3. The zero-order valence-electron chi connectivity index (χ0n) is 16.0. The fraction of sp³-hybridized carbons (Fsp3) is 0.263. The number of anilines is 1. The summed E-state index contributed by atoms with van der Waals surface area (Å²) in [5.74, 6) is 0.328. The number of carbonyl (C=O) groups is 2. The van der Waals surface area contributed by atoms with E-state index in [4.69, 9.17) is 4.42 Å². The van der Waals surface area contributed by atoms with Gasteiger partial charge in [0.2, 0.25) is 11.8 Å². The van der Waals surface area contributed by atoms with Gasteiger partial charge in [-0.25, -0.2) is 4.39 Å². The minimum atomic E-state index is -0.387. The standard InChI is InChI=1S/C19H20FN5O3S/c1-3-25-18(15-5-4-10-28-15)22-23-19(25)29-12-17(27)24(2)11-16(26)21-14-8-6-13(20)7-9-14/h4-10H,3,11-12H2,1-2H3,(H,21,26). The summed E-state index contributed by atoms with van der Waals surface area (Å²) in [6, 6.07) is 8.98. The average Bonchev–Trinajstić information content (AvgIpc) is 3.36. The molecular weight excluding hydrogens is 397 g/mol. The van der Waals surface area contributed by atoms with Gasteiger partial charge in [-0.05, 0) is 43.3 Å². The van der Waals surface area contributed by atoms with Gasteiger partial charge in [-0.2, -0.15) is 0 Å². The predicted octanol–water partition coefficient (Wildman–Crippen LogP) is 2.89. The highest BCUT2D eigenvalue weighted by molar-refractivity contribution is 7.99. The summed E-state index contributed by atoms with van der Waals surface area (Å²) in [5.41, 5.74) is 0.466. The predicted molar refractivity (Wildman–Crippen MR) is 107 cm³/mol. The number of nitrogens with one attached hydrogen (secondary N) is 1. The van der Waals surface area contributed by atoms with E-state index in [1.165, 1.54) is 40.9 Å². The van der Waals surface area contributed by atoms with E-state index < -0.39 is 0 Å². The molecule has 29 heavy (non-hydrogen) atoms. The number of amides is 2. The number of rotatable bonds is 8. The van der Waals surface area contributed by atoms with Crippen molar-refractivity contribution in [1.82, 2.24) is 19.7 Å². The molecule has 10 heteroatoms. The van der Waals surface area contributed by atoms with Gasteiger partial charge in [0.15, 0.2) is 16.7 Å². The number of thioether (sulfide) groups is 1. The Kier molecular flexibility index (Phi) is 6.65. The van der Waals surface area contributed by atoms with Crippen molar-refractivity contribution in [3.8, 4) is 11.6 Å². The van der Waals surface area contributed by atoms with Gasteiger partial charge in [-0.1, -0.05) is 11.8 Å². The molecule has 0 aliphatic carbocycles. The van der Waals surface area contributed by atoms with E-state index >= 15 is 0 Å². The van der Waals surface area contributed by atoms with E-state index in [2.05, 4.69) is 15.5 Å². The van der Waals surface area contributed by atoms with Crippen LogP contribution in [0.25, 0.3) is 11.6 Å². The van der Waals surface area contributed by atoms with E-state index in [0.29, 0.717) is 29.0 Å². The Bertz CT molecular complexity index is 972. The van der Waals surface area contributed by atoms with Crippen LogP contribution >= 0.6 is 11.8 Å². The third-order valence-corrected chi connectivity index (χ3v) is 4.99. The van der Waals surface area contributed by atoms with Crippen molar-refractivity contribution in [2.24, 2.45) is 0 Å². The van der Waals surface area contributed by atoms with Gasteiger partial charge in [0.05, 0.1) is 18.6 Å². The second kappa shape index (κ2) is 9.37. The Morgan fingerprint density at radius 2 is 2.00 bits per heavy atom. The number of hydrogen-bond acceptors (Lipinski definition) is 6. The number of furan rings is 1. The smallest absolute Gasteiger partial charge is 0.243 e. The molecule has 0 radical (unpaired) electrons. The largest absolute Gasteiger partial charge is 0.461 e. The first-order valence-corrected chi connectivity index (χ1v) is 9.85. The molecule has 0 saturated heterocycles. The molecule has 8 nitrogen and oxygen atoms in total. The molecule has 2 amide bonds. The molecule has 0 spiro atoms. The molecule has 1 N–H and O–H groups in total. The van der Waals surface area contributed by atoms with Gasteiger partial charge < -0.3 is 14.6 Å². The third-order valence-electron chi connectivity index (χ3n) is 4.03. The van der Waals surface area contributed by atoms with Crippen LogP contribution in [-0.4, -0.2) is 50.8 Å². The summed E-state index contributed by atoms with van der Waals surface area (Å²) in [4.78, 5) is 25.8. The zero-order chi connectivity index (χ0) is 20.8. The van der Waals surface area contributed by atoms with Crippen LogP contribution in [0.1, 0.15) is 6.92 Å². The SMILES string of the molecule is CCn1c(SCC(=O)N(C)CC(=O)Nc2ccc(F)cc2)nnc1-c1ccco1. The summed E-state index contributed by atoms with van der Waals surface area (Å²) in [6.45, 7) is 2.46. The Morgan fingerprint density at radius 3 is 2.66 bits per heavy atom. The Labute approximate surface area is 171 Å². The van der Waals surface area contributed by atoms with Crippen molar-refractivity contribution in [3.63, 3.8) is 0 Å². The first-order chi connectivity index (χ1) is 14.0. The number of carbonyl (C=O) groups excluding carboxylic acids is 2. The first kappa shape index (κ1) is 20.6. The molecular formula is C19H20FN5O3S. The molecule has 0 bridgehead atoms. The van der Waals surface area contributed by atoms with Crippen LogP contribution < -0.4 is 5.32 Å². The molecule has 3 aromatic rings. The first-order valence-electron chi connectivity index (χ1n) is 8.87. The number of nitrogens with zero attached hydrogens (tertiary/aromatic N) is 4. The molecule has 1 aromatic carbocycles. The van der Waals surface area contributed by atoms with Gasteiger partial charge in [-0.15, -0.1) is 10.2 Å². The fourth-order valence-electron chi connectivity index (χ4n) is 2.54. The van der Waals surface area contributed by atoms with Gasteiger partial charge in [0.1, 0.15) is 5.82 Å². The number of hydrogen-bond donors (Lipinski definition) is 1. The lowest BCUT2D eigenvalue weighted by molar-refractivity contribution is -0.131. The number of likely N-dealkylation sites (N-methyl/N-ethyl adjacent to an activating group) is 1. The minimum Gasteiger partial charge on any atom is -0.461 e. The monoisotopic (exact) mass is 417 g/mol. The van der Waals surface area contributed by atoms with Crippen LogP contribution in [0.3, 0.4) is 0 Å². The van der Waals surface area contributed by atoms with Crippen molar-refractivity contribution in [3.05, 3.63) is 48.5 Å². The van der Waals surface area contributed by atoms with E-state index in [9.17, 15) is 14.0 Å². The summed E-state index contributed by atoms with van der Waals surface area (Å²) in [5, 5.41) is 11.5. The normalized spacial score (nSPS) is 10.7. The minimum absolute atomic E-state index is 0.108. The fourth-order valence-corrected chi connectivity index (χ4v) is 3.49. The van der Waals surface area contributed by atoms with Crippen LogP contribution in [0.15, 0.2) is 52.2 Å². The van der Waals surface area contributed by atoms with Crippen LogP contribution in [0.5, 0.6) is 0 Å².